The molecule has 0 unspecified atom stereocenters. The highest BCUT2D eigenvalue weighted by atomic mass is 35.5. The van der Waals surface area contributed by atoms with E-state index in [1.165, 1.54) is 13.0 Å². The molecular weight excluding hydrogens is 431 g/mol. The molecule has 2 saturated heterocycles. The summed E-state index contributed by atoms with van der Waals surface area (Å²) in [4.78, 5) is 32.5. The van der Waals surface area contributed by atoms with Crippen LogP contribution in [-0.4, -0.2) is 80.4 Å². The van der Waals surface area contributed by atoms with E-state index in [1.54, 1.807) is 12.1 Å². The van der Waals surface area contributed by atoms with Crippen molar-refractivity contribution in [3.8, 4) is 0 Å². The molecule has 32 heavy (non-hydrogen) atoms. The number of benzene rings is 2. The number of piperazine rings is 2. The highest BCUT2D eigenvalue weighted by molar-refractivity contribution is 6.33. The Morgan fingerprint density at radius 1 is 0.875 bits per heavy atom. The maximum atomic E-state index is 14.4. The van der Waals surface area contributed by atoms with Gasteiger partial charge in [-0.25, -0.2) is 4.39 Å². The molecule has 2 heterocycles. The van der Waals surface area contributed by atoms with Gasteiger partial charge in [0.1, 0.15) is 5.82 Å². The molecule has 0 radical (unpaired) electrons. The maximum Gasteiger partial charge on any atom is 0.236 e. The third kappa shape index (κ3) is 5.05. The van der Waals surface area contributed by atoms with Crippen molar-refractivity contribution < 1.29 is 14.0 Å². The number of rotatable bonds is 5. The third-order valence-electron chi connectivity index (χ3n) is 6.25. The van der Waals surface area contributed by atoms with Crippen LogP contribution in [0.1, 0.15) is 17.3 Å². The summed E-state index contributed by atoms with van der Waals surface area (Å²) in [6, 6.07) is 12.4. The average Bonchev–Trinajstić information content (AvgIpc) is 2.80. The molecule has 8 heteroatoms. The SMILES string of the molecule is CC(=O)c1ccc(N2CCN(C(=O)CN3CCN(c4ccccc4Cl)CC3)CC2)c(F)c1. The third-order valence-corrected chi connectivity index (χ3v) is 6.57. The summed E-state index contributed by atoms with van der Waals surface area (Å²) in [7, 11) is 0. The highest BCUT2D eigenvalue weighted by Crippen LogP contribution is 2.26. The Labute approximate surface area is 193 Å². The molecule has 4 rings (SSSR count). The van der Waals surface area contributed by atoms with Crippen LogP contribution in [0.4, 0.5) is 15.8 Å². The van der Waals surface area contributed by atoms with Gasteiger partial charge in [0.25, 0.3) is 0 Å². The predicted octanol–water partition coefficient (Wildman–Crippen LogP) is 3.15. The van der Waals surface area contributed by atoms with E-state index in [0.717, 1.165) is 36.9 Å². The molecular formula is C24H28ClFN4O2. The van der Waals surface area contributed by atoms with Crippen LogP contribution < -0.4 is 9.80 Å². The molecule has 0 N–H and O–H groups in total. The normalized spacial score (nSPS) is 17.5. The van der Waals surface area contributed by atoms with E-state index in [9.17, 15) is 14.0 Å². The van der Waals surface area contributed by atoms with E-state index >= 15 is 0 Å². The Balaban J connectivity index is 1.26. The van der Waals surface area contributed by atoms with Gasteiger partial charge in [-0.1, -0.05) is 23.7 Å². The number of amides is 1. The molecule has 2 fully saturated rings. The predicted molar refractivity (Wildman–Crippen MR) is 125 cm³/mol. The minimum Gasteiger partial charge on any atom is -0.368 e. The summed E-state index contributed by atoms with van der Waals surface area (Å²) in [5, 5.41) is 0.752. The number of anilines is 2. The zero-order valence-electron chi connectivity index (χ0n) is 18.3. The molecule has 6 nitrogen and oxygen atoms in total. The monoisotopic (exact) mass is 458 g/mol. The quantitative estimate of drug-likeness (QED) is 0.644. The van der Waals surface area contributed by atoms with Gasteiger partial charge in [0.2, 0.25) is 5.91 Å². The molecule has 2 aliphatic heterocycles. The van der Waals surface area contributed by atoms with Crippen molar-refractivity contribution in [2.45, 2.75) is 6.92 Å². The summed E-state index contributed by atoms with van der Waals surface area (Å²) in [5.41, 5.74) is 1.90. The first-order chi connectivity index (χ1) is 15.4. The Kier molecular flexibility index (Phi) is 6.96. The lowest BCUT2D eigenvalue weighted by molar-refractivity contribution is -0.132. The molecule has 0 bridgehead atoms. The van der Waals surface area contributed by atoms with Gasteiger partial charge in [0, 0.05) is 57.9 Å². The molecule has 0 aromatic heterocycles. The van der Waals surface area contributed by atoms with Crippen LogP contribution in [0.25, 0.3) is 0 Å². The Morgan fingerprint density at radius 2 is 1.50 bits per heavy atom. The molecule has 0 atom stereocenters. The fourth-order valence-corrected chi connectivity index (χ4v) is 4.58. The molecule has 2 aromatic carbocycles. The van der Waals surface area contributed by atoms with E-state index < -0.39 is 5.82 Å². The fraction of sp³-hybridized carbons (Fsp3) is 0.417. The highest BCUT2D eigenvalue weighted by Gasteiger charge is 2.26. The second-order valence-electron chi connectivity index (χ2n) is 8.30. The first-order valence-corrected chi connectivity index (χ1v) is 11.3. The van der Waals surface area contributed by atoms with Gasteiger partial charge in [-0.05, 0) is 37.3 Å². The maximum absolute atomic E-state index is 14.4. The van der Waals surface area contributed by atoms with Crippen molar-refractivity contribution in [2.24, 2.45) is 0 Å². The number of carbonyl (C=O) groups is 2. The van der Waals surface area contributed by atoms with Crippen LogP contribution >= 0.6 is 11.6 Å². The van der Waals surface area contributed by atoms with Gasteiger partial charge in [0.05, 0.1) is 22.9 Å². The van der Waals surface area contributed by atoms with Crippen molar-refractivity contribution in [3.63, 3.8) is 0 Å². The van der Waals surface area contributed by atoms with Crippen LogP contribution in [0.15, 0.2) is 42.5 Å². The summed E-state index contributed by atoms with van der Waals surface area (Å²) in [5.74, 6) is -0.435. The number of hydrogen-bond acceptors (Lipinski definition) is 5. The molecule has 0 spiro atoms. The van der Waals surface area contributed by atoms with E-state index in [1.807, 2.05) is 34.1 Å². The lowest BCUT2D eigenvalue weighted by Gasteiger charge is -2.39. The van der Waals surface area contributed by atoms with Crippen molar-refractivity contribution in [1.82, 2.24) is 9.80 Å². The van der Waals surface area contributed by atoms with Crippen molar-refractivity contribution in [3.05, 3.63) is 58.9 Å². The number of nitrogens with zero attached hydrogens (tertiary/aromatic N) is 4. The Hall–Kier alpha value is -2.64. The van der Waals surface area contributed by atoms with Gasteiger partial charge in [-0.3, -0.25) is 14.5 Å². The number of ketones is 1. The number of carbonyl (C=O) groups excluding carboxylic acids is 2. The number of halogens is 2. The van der Waals surface area contributed by atoms with Gasteiger partial charge in [-0.15, -0.1) is 0 Å². The zero-order valence-corrected chi connectivity index (χ0v) is 19.0. The average molecular weight is 459 g/mol. The summed E-state index contributed by atoms with van der Waals surface area (Å²) in [6.07, 6.45) is 0. The van der Waals surface area contributed by atoms with Crippen LogP contribution in [0.2, 0.25) is 5.02 Å². The molecule has 2 aliphatic rings. The standard InChI is InChI=1S/C24H28ClFN4O2/c1-18(31)19-6-7-23(21(26)16-19)29-12-14-30(15-13-29)24(32)17-27-8-10-28(11-9-27)22-5-3-2-4-20(22)25/h2-7,16H,8-15,17H2,1H3. The Bertz CT molecular complexity index is 986. The zero-order chi connectivity index (χ0) is 22.7. The molecule has 1 amide bonds. The van der Waals surface area contributed by atoms with Crippen molar-refractivity contribution in [1.29, 1.82) is 0 Å². The molecule has 2 aromatic rings. The van der Waals surface area contributed by atoms with Crippen LogP contribution in [-0.2, 0) is 4.79 Å². The Morgan fingerprint density at radius 3 is 2.12 bits per heavy atom. The lowest BCUT2D eigenvalue weighted by atomic mass is 10.1. The fourth-order valence-electron chi connectivity index (χ4n) is 4.33. The smallest absolute Gasteiger partial charge is 0.236 e. The number of Topliss-reactive ketones (excluding diaryl/α,β-unsaturated/α-hetero) is 1. The minimum atomic E-state index is -0.395. The van der Waals surface area contributed by atoms with Crippen molar-refractivity contribution in [2.75, 3.05) is 68.7 Å². The van der Waals surface area contributed by atoms with Gasteiger partial charge < -0.3 is 14.7 Å². The van der Waals surface area contributed by atoms with Crippen LogP contribution in [0.3, 0.4) is 0 Å². The summed E-state index contributed by atoms with van der Waals surface area (Å²) < 4.78 is 14.4. The summed E-state index contributed by atoms with van der Waals surface area (Å²) in [6.45, 7) is 7.38. The largest absolute Gasteiger partial charge is 0.368 e. The van der Waals surface area contributed by atoms with E-state index in [4.69, 9.17) is 11.6 Å². The van der Waals surface area contributed by atoms with Gasteiger partial charge in [0.15, 0.2) is 5.78 Å². The van der Waals surface area contributed by atoms with Gasteiger partial charge >= 0.3 is 0 Å². The van der Waals surface area contributed by atoms with Crippen molar-refractivity contribution >= 4 is 34.7 Å². The second-order valence-corrected chi connectivity index (χ2v) is 8.71. The van der Waals surface area contributed by atoms with E-state index in [2.05, 4.69) is 9.80 Å². The minimum absolute atomic E-state index is 0.114. The summed E-state index contributed by atoms with van der Waals surface area (Å²) >= 11 is 6.31. The van der Waals surface area contributed by atoms with E-state index in [-0.39, 0.29) is 11.7 Å². The second kappa shape index (κ2) is 9.88. The van der Waals surface area contributed by atoms with Crippen LogP contribution in [0.5, 0.6) is 0 Å². The molecule has 170 valence electrons. The lowest BCUT2D eigenvalue weighted by Crippen LogP contribution is -2.54. The molecule has 0 aliphatic carbocycles. The number of hydrogen-bond donors (Lipinski definition) is 0. The first-order valence-electron chi connectivity index (χ1n) is 11.0. The van der Waals surface area contributed by atoms with Gasteiger partial charge in [-0.2, -0.15) is 0 Å². The van der Waals surface area contributed by atoms with Crippen LogP contribution in [0, 0.1) is 5.82 Å². The van der Waals surface area contributed by atoms with E-state index in [0.29, 0.717) is 44.0 Å². The number of para-hydroxylation sites is 1. The topological polar surface area (TPSA) is 47.1 Å². The molecule has 0 saturated carbocycles. The first kappa shape index (κ1) is 22.6.